The molecule has 2 rings (SSSR count). The van der Waals surface area contributed by atoms with Crippen molar-refractivity contribution in [2.24, 2.45) is 0 Å². The van der Waals surface area contributed by atoms with Crippen molar-refractivity contribution in [1.29, 1.82) is 0 Å². The Morgan fingerprint density at radius 2 is 1.87 bits per heavy atom. The molecule has 0 saturated heterocycles. The minimum atomic E-state index is -0.287. The fourth-order valence-corrected chi connectivity index (χ4v) is 2.10. The second-order valence-electron chi connectivity index (χ2n) is 3.15. The van der Waals surface area contributed by atoms with Crippen molar-refractivity contribution in [2.45, 2.75) is 6.42 Å². The number of hydrogen-bond donors (Lipinski definition) is 0. The molecule has 0 heterocycles. The third-order valence-electron chi connectivity index (χ3n) is 2.29. The summed E-state index contributed by atoms with van der Waals surface area (Å²) in [4.78, 5) is 22.9. The van der Waals surface area contributed by atoms with Crippen LogP contribution in [0, 0.1) is 0 Å². The van der Waals surface area contributed by atoms with Gasteiger partial charge in [-0.05, 0) is 6.07 Å². The number of carbonyl (C=O) groups excluding carboxylic acids is 2. The lowest BCUT2D eigenvalue weighted by atomic mass is 10.1. The first-order chi connectivity index (χ1) is 7.06. The summed E-state index contributed by atoms with van der Waals surface area (Å²) in [5, 5.41) is 0.267. The molecular formula is C10H6Cl2O3. The molecule has 0 spiro atoms. The lowest BCUT2D eigenvalue weighted by Crippen LogP contribution is -1.96. The van der Waals surface area contributed by atoms with Crippen LogP contribution in [0.2, 0.25) is 10.0 Å². The fraction of sp³-hybridized carbons (Fsp3) is 0.200. The molecule has 0 amide bonds. The summed E-state index contributed by atoms with van der Waals surface area (Å²) in [6, 6.07) is 1.46. The van der Waals surface area contributed by atoms with Crippen molar-refractivity contribution in [3.63, 3.8) is 0 Å². The van der Waals surface area contributed by atoms with Gasteiger partial charge >= 0.3 is 0 Å². The Kier molecular flexibility index (Phi) is 2.44. The van der Waals surface area contributed by atoms with Crippen molar-refractivity contribution < 1.29 is 14.3 Å². The van der Waals surface area contributed by atoms with Crippen molar-refractivity contribution >= 4 is 34.8 Å². The second kappa shape index (κ2) is 3.51. The number of carbonyl (C=O) groups is 2. The van der Waals surface area contributed by atoms with Gasteiger partial charge in [0.15, 0.2) is 11.6 Å². The molecule has 1 aromatic carbocycles. The maximum absolute atomic E-state index is 11.4. The van der Waals surface area contributed by atoms with Gasteiger partial charge in [0.25, 0.3) is 0 Å². The first-order valence-electron chi connectivity index (χ1n) is 4.18. The van der Waals surface area contributed by atoms with Gasteiger partial charge in [-0.2, -0.15) is 0 Å². The molecule has 0 radical (unpaired) electrons. The number of ether oxygens (including phenoxy) is 1. The van der Waals surface area contributed by atoms with E-state index in [0.29, 0.717) is 11.3 Å². The number of Topliss-reactive ketones (excluding diaryl/α,β-unsaturated/α-hetero) is 2. The summed E-state index contributed by atoms with van der Waals surface area (Å²) in [7, 11) is 1.42. The van der Waals surface area contributed by atoms with Gasteiger partial charge in [-0.25, -0.2) is 0 Å². The lowest BCUT2D eigenvalue weighted by molar-refractivity contribution is 0.0923. The predicted octanol–water partition coefficient (Wildman–Crippen LogP) is 2.77. The van der Waals surface area contributed by atoms with Crippen molar-refractivity contribution in [2.75, 3.05) is 7.11 Å². The minimum Gasteiger partial charge on any atom is -0.495 e. The molecule has 0 aliphatic heterocycles. The van der Waals surface area contributed by atoms with Crippen LogP contribution in [-0.2, 0) is 0 Å². The quantitative estimate of drug-likeness (QED) is 0.714. The van der Waals surface area contributed by atoms with Crippen LogP contribution in [-0.4, -0.2) is 18.7 Å². The van der Waals surface area contributed by atoms with E-state index in [1.54, 1.807) is 0 Å². The van der Waals surface area contributed by atoms with E-state index in [1.165, 1.54) is 13.2 Å². The highest BCUT2D eigenvalue weighted by Crippen LogP contribution is 2.40. The van der Waals surface area contributed by atoms with Gasteiger partial charge < -0.3 is 4.74 Å². The molecule has 5 heteroatoms. The van der Waals surface area contributed by atoms with Crippen LogP contribution in [0.3, 0.4) is 0 Å². The average Bonchev–Trinajstić information content (AvgIpc) is 2.47. The maximum Gasteiger partial charge on any atom is 0.172 e. The van der Waals surface area contributed by atoms with Crippen molar-refractivity contribution in [1.82, 2.24) is 0 Å². The summed E-state index contributed by atoms with van der Waals surface area (Å²) in [5.41, 5.74) is 0.513. The van der Waals surface area contributed by atoms with Gasteiger partial charge in [0.05, 0.1) is 18.6 Å². The standard InChI is InChI=1S/C10H6Cl2O3/c1-15-7-2-4-5(13)3-6(14)8(4)10(12)9(7)11/h2H,3H2,1H3. The number of rotatable bonds is 1. The van der Waals surface area contributed by atoms with Crippen LogP contribution in [0.5, 0.6) is 5.75 Å². The Morgan fingerprint density at radius 1 is 1.20 bits per heavy atom. The number of fused-ring (bicyclic) bond motifs is 1. The topological polar surface area (TPSA) is 43.4 Å². The van der Waals surface area contributed by atoms with Gasteiger partial charge in [-0.15, -0.1) is 0 Å². The molecule has 15 heavy (non-hydrogen) atoms. The Balaban J connectivity index is 2.77. The Bertz CT molecular complexity index is 480. The van der Waals surface area contributed by atoms with Crippen LogP contribution in [0.25, 0.3) is 0 Å². The molecule has 78 valence electrons. The van der Waals surface area contributed by atoms with Gasteiger partial charge in [0.1, 0.15) is 10.8 Å². The van der Waals surface area contributed by atoms with Crippen LogP contribution in [0.15, 0.2) is 6.07 Å². The van der Waals surface area contributed by atoms with E-state index in [1.807, 2.05) is 0 Å². The molecule has 0 bridgehead atoms. The molecule has 0 aromatic heterocycles. The van der Waals surface area contributed by atoms with Crippen LogP contribution in [0.1, 0.15) is 27.1 Å². The second-order valence-corrected chi connectivity index (χ2v) is 3.91. The van der Waals surface area contributed by atoms with E-state index in [2.05, 4.69) is 0 Å². The van der Waals surface area contributed by atoms with E-state index in [-0.39, 0.29) is 33.6 Å². The molecular weight excluding hydrogens is 239 g/mol. The predicted molar refractivity (Wildman–Crippen MR) is 56.3 cm³/mol. The molecule has 0 fully saturated rings. The molecule has 0 atom stereocenters. The third kappa shape index (κ3) is 1.43. The first-order valence-corrected chi connectivity index (χ1v) is 4.94. The van der Waals surface area contributed by atoms with E-state index >= 15 is 0 Å². The zero-order chi connectivity index (χ0) is 11.2. The largest absolute Gasteiger partial charge is 0.495 e. The number of hydrogen-bond acceptors (Lipinski definition) is 3. The number of halogens is 2. The zero-order valence-corrected chi connectivity index (χ0v) is 9.28. The molecule has 3 nitrogen and oxygen atoms in total. The average molecular weight is 245 g/mol. The van der Waals surface area contributed by atoms with Crippen LogP contribution < -0.4 is 4.74 Å². The first kappa shape index (κ1) is 10.5. The minimum absolute atomic E-state index is 0.0990. The van der Waals surface area contributed by atoms with Gasteiger partial charge in [0.2, 0.25) is 0 Å². The summed E-state index contributed by atoms with van der Waals surface area (Å²) in [6.45, 7) is 0. The van der Waals surface area contributed by atoms with Crippen LogP contribution >= 0.6 is 23.2 Å². The summed E-state index contributed by atoms with van der Waals surface area (Å²) in [6.07, 6.45) is -0.140. The van der Waals surface area contributed by atoms with E-state index in [4.69, 9.17) is 27.9 Å². The molecule has 1 aromatic rings. The lowest BCUT2D eigenvalue weighted by Gasteiger charge is -2.07. The number of methoxy groups -OCH3 is 1. The monoisotopic (exact) mass is 244 g/mol. The highest BCUT2D eigenvalue weighted by Gasteiger charge is 2.32. The molecule has 1 aliphatic carbocycles. The van der Waals surface area contributed by atoms with Crippen LogP contribution in [0.4, 0.5) is 0 Å². The Labute approximate surface area is 95.9 Å². The van der Waals surface area contributed by atoms with Gasteiger partial charge in [-0.3, -0.25) is 9.59 Å². The maximum atomic E-state index is 11.4. The molecule has 1 aliphatic rings. The zero-order valence-electron chi connectivity index (χ0n) is 7.77. The fourth-order valence-electron chi connectivity index (χ4n) is 1.57. The summed E-state index contributed by atoms with van der Waals surface area (Å²) < 4.78 is 4.95. The highest BCUT2D eigenvalue weighted by atomic mass is 35.5. The molecule has 0 unspecified atom stereocenters. The van der Waals surface area contributed by atoms with Gasteiger partial charge in [-0.1, -0.05) is 23.2 Å². The Hall–Kier alpha value is -1.06. The number of ketones is 2. The molecule has 0 N–H and O–H groups in total. The third-order valence-corrected chi connectivity index (χ3v) is 3.14. The van der Waals surface area contributed by atoms with E-state index in [0.717, 1.165) is 0 Å². The van der Waals surface area contributed by atoms with Gasteiger partial charge in [0, 0.05) is 11.1 Å². The van der Waals surface area contributed by atoms with Crippen molar-refractivity contribution in [3.05, 3.63) is 27.2 Å². The Morgan fingerprint density at radius 3 is 2.47 bits per heavy atom. The normalized spacial score (nSPS) is 14.3. The molecule has 0 saturated carbocycles. The SMILES string of the molecule is COc1cc2c(c(Cl)c1Cl)C(=O)CC2=O. The van der Waals surface area contributed by atoms with E-state index < -0.39 is 0 Å². The summed E-state index contributed by atoms with van der Waals surface area (Å²) >= 11 is 11.8. The highest BCUT2D eigenvalue weighted by molar-refractivity contribution is 6.46. The summed E-state index contributed by atoms with van der Waals surface area (Å²) in [5.74, 6) is -0.222. The van der Waals surface area contributed by atoms with Crippen molar-refractivity contribution in [3.8, 4) is 5.75 Å². The van der Waals surface area contributed by atoms with E-state index in [9.17, 15) is 9.59 Å². The smallest absolute Gasteiger partial charge is 0.172 e. The number of benzene rings is 1.